The number of esters is 2. The Labute approximate surface area is 382 Å². The van der Waals surface area contributed by atoms with Crippen LogP contribution in [0.1, 0.15) is 107 Å². The zero-order valence-corrected chi connectivity index (χ0v) is 39.5. The van der Waals surface area contributed by atoms with Gasteiger partial charge in [-0.25, -0.2) is 9.97 Å². The maximum atomic E-state index is 11.5. The van der Waals surface area contributed by atoms with Crippen molar-refractivity contribution in [3.05, 3.63) is 82.6 Å². The van der Waals surface area contributed by atoms with Gasteiger partial charge in [0.15, 0.2) is 0 Å². The van der Waals surface area contributed by atoms with Gasteiger partial charge in [-0.1, -0.05) is 78.3 Å². The number of ether oxygens (including phenoxy) is 4. The molecule has 60 heavy (non-hydrogen) atoms. The molecule has 0 bridgehead atoms. The number of alkyl halides is 1. The van der Waals surface area contributed by atoms with Gasteiger partial charge in [0.2, 0.25) is 11.8 Å². The first kappa shape index (κ1) is 51.5. The van der Waals surface area contributed by atoms with E-state index in [1.54, 1.807) is 18.7 Å². The van der Waals surface area contributed by atoms with E-state index < -0.39 is 0 Å². The van der Waals surface area contributed by atoms with Gasteiger partial charge in [-0.3, -0.25) is 9.59 Å². The molecule has 2 heterocycles. The van der Waals surface area contributed by atoms with Crippen molar-refractivity contribution in [2.24, 2.45) is 11.8 Å². The lowest BCUT2D eigenvalue weighted by atomic mass is 9.88. The van der Waals surface area contributed by atoms with Crippen LogP contribution in [0.25, 0.3) is 22.9 Å². The number of thioether (sulfide) groups is 1. The van der Waals surface area contributed by atoms with E-state index in [9.17, 15) is 9.59 Å². The minimum absolute atomic E-state index is 0. The number of aryl methyl sites for hydroxylation is 4. The highest BCUT2D eigenvalue weighted by Gasteiger charge is 2.25. The van der Waals surface area contributed by atoms with Crippen molar-refractivity contribution in [3.8, 4) is 22.9 Å². The molecule has 2 saturated carbocycles. The van der Waals surface area contributed by atoms with Crippen molar-refractivity contribution in [2.45, 2.75) is 126 Å². The van der Waals surface area contributed by atoms with Gasteiger partial charge in [0.1, 0.15) is 22.9 Å². The van der Waals surface area contributed by atoms with Crippen LogP contribution in [-0.4, -0.2) is 69.0 Å². The highest BCUT2D eigenvalue weighted by Crippen LogP contribution is 2.31. The number of nitrogens with zero attached hydrogens (tertiary/aromatic N) is 2. The largest absolute Gasteiger partial charge is 0.465 e. The highest BCUT2D eigenvalue weighted by atomic mass is 127. The molecule has 2 aliphatic rings. The summed E-state index contributed by atoms with van der Waals surface area (Å²) in [5, 5.41) is 0. The Balaban J connectivity index is 0.000000277. The normalized spacial score (nSPS) is 18.5. The van der Waals surface area contributed by atoms with E-state index in [0.717, 1.165) is 58.5 Å². The van der Waals surface area contributed by atoms with Gasteiger partial charge >= 0.3 is 11.9 Å². The number of carbonyl (C=O) groups is 2. The summed E-state index contributed by atoms with van der Waals surface area (Å²) in [5.74, 6) is 5.65. The Morgan fingerprint density at radius 2 is 1.17 bits per heavy atom. The van der Waals surface area contributed by atoms with Crippen LogP contribution >= 0.6 is 47.0 Å². The second kappa shape index (κ2) is 28.0. The SMILES string of the molecule is C.CCOC(=O)CS.CCOC(=O)CSCC1CCCC(OCc2nc(-c3ccc(C)cc3)oc2C)C1.Cc1ccc(-c2nc(COC3CCCC(CI)C3)c(C)o2)cc1. The molecule has 6 rings (SSSR count). The predicted octanol–water partition coefficient (Wildman–Crippen LogP) is 11.9. The minimum Gasteiger partial charge on any atom is -0.465 e. The third kappa shape index (κ3) is 17.9. The summed E-state index contributed by atoms with van der Waals surface area (Å²) in [7, 11) is 0. The molecule has 332 valence electrons. The van der Waals surface area contributed by atoms with Gasteiger partial charge in [0, 0.05) is 15.6 Å². The summed E-state index contributed by atoms with van der Waals surface area (Å²) < 4.78 is 34.7. The highest BCUT2D eigenvalue weighted by molar-refractivity contribution is 14.1. The monoisotopic (exact) mass is 978 g/mol. The Morgan fingerprint density at radius 3 is 1.60 bits per heavy atom. The molecule has 4 atom stereocenters. The maximum absolute atomic E-state index is 11.5. The molecule has 0 N–H and O–H groups in total. The summed E-state index contributed by atoms with van der Waals surface area (Å²) in [4.78, 5) is 30.9. The molecule has 0 amide bonds. The van der Waals surface area contributed by atoms with Crippen molar-refractivity contribution < 1.29 is 37.4 Å². The van der Waals surface area contributed by atoms with Crippen LogP contribution in [0.5, 0.6) is 0 Å². The first-order valence-electron chi connectivity index (χ1n) is 20.9. The number of hydrogen-bond donors (Lipinski definition) is 1. The zero-order chi connectivity index (χ0) is 42.6. The van der Waals surface area contributed by atoms with Crippen LogP contribution in [0, 0.1) is 39.5 Å². The number of oxazole rings is 2. The van der Waals surface area contributed by atoms with E-state index in [1.165, 1.54) is 54.1 Å². The lowest BCUT2D eigenvalue weighted by Crippen LogP contribution is -2.24. The van der Waals surface area contributed by atoms with E-state index in [4.69, 9.17) is 23.0 Å². The fraction of sp³-hybridized carbons (Fsp3) is 0.574. The van der Waals surface area contributed by atoms with Gasteiger partial charge in [-0.15, -0.1) is 11.8 Å². The molecule has 4 aromatic rings. The molecule has 0 radical (unpaired) electrons. The lowest BCUT2D eigenvalue weighted by Gasteiger charge is -2.28. The molecule has 2 aliphatic carbocycles. The molecule has 2 fully saturated rings. The molecular formula is C47H67IN2O8S2. The van der Waals surface area contributed by atoms with Crippen LogP contribution in [-0.2, 0) is 41.8 Å². The van der Waals surface area contributed by atoms with Gasteiger partial charge in [-0.05, 0) is 122 Å². The number of aromatic nitrogens is 2. The molecule has 2 aromatic carbocycles. The van der Waals surface area contributed by atoms with Gasteiger partial charge in [0.05, 0.1) is 50.1 Å². The quantitative estimate of drug-likeness (QED) is 0.0499. The van der Waals surface area contributed by atoms with Crippen molar-refractivity contribution in [3.63, 3.8) is 0 Å². The van der Waals surface area contributed by atoms with Gasteiger partial charge in [0.25, 0.3) is 0 Å². The first-order valence-corrected chi connectivity index (χ1v) is 24.2. The molecule has 0 aliphatic heterocycles. The van der Waals surface area contributed by atoms with E-state index >= 15 is 0 Å². The van der Waals surface area contributed by atoms with Crippen molar-refractivity contribution in [1.82, 2.24) is 9.97 Å². The summed E-state index contributed by atoms with van der Waals surface area (Å²) in [6.45, 7) is 13.6. The topological polar surface area (TPSA) is 123 Å². The van der Waals surface area contributed by atoms with Crippen LogP contribution in [0.4, 0.5) is 0 Å². The Kier molecular flexibility index (Phi) is 24.0. The van der Waals surface area contributed by atoms with Gasteiger partial charge < -0.3 is 27.8 Å². The van der Waals surface area contributed by atoms with Crippen molar-refractivity contribution in [1.29, 1.82) is 0 Å². The van der Waals surface area contributed by atoms with Crippen LogP contribution < -0.4 is 0 Å². The third-order valence-corrected chi connectivity index (χ3v) is 12.9. The molecule has 0 spiro atoms. The first-order chi connectivity index (χ1) is 28.5. The standard InChI is InChI=1S/C23H31NO4S.C19H24INO2.C4H8O2S.CH4/c1-4-26-22(25)15-29-14-18-6-5-7-20(12-18)27-13-21-17(3)28-23(24-21)19-10-8-16(2)9-11-19;1-13-6-8-16(9-7-13)19-21-18(14(2)23-19)12-22-17-5-3-4-15(10-17)11-20;1-2-6-4(5)3-7;/h8-11,18,20H,4-7,12-15H2,1-3H3;6-9,15,17H,3-5,10-12H2,1-2H3;7H,2-3H2,1H3;1H4. The molecule has 10 nitrogen and oxygen atoms in total. The minimum atomic E-state index is -0.258. The Morgan fingerprint density at radius 1 is 0.717 bits per heavy atom. The number of rotatable bonds is 16. The summed E-state index contributed by atoms with van der Waals surface area (Å²) in [6, 6.07) is 16.5. The number of thiol groups is 1. The number of halogens is 1. The maximum Gasteiger partial charge on any atom is 0.315 e. The number of benzene rings is 2. The smallest absolute Gasteiger partial charge is 0.315 e. The fourth-order valence-electron chi connectivity index (χ4n) is 6.95. The van der Waals surface area contributed by atoms with Crippen molar-refractivity contribution in [2.75, 3.05) is 34.9 Å². The second-order valence-electron chi connectivity index (χ2n) is 15.1. The van der Waals surface area contributed by atoms with Crippen LogP contribution in [0.2, 0.25) is 0 Å². The fourth-order valence-corrected chi connectivity index (χ4v) is 8.85. The van der Waals surface area contributed by atoms with E-state index in [0.29, 0.717) is 56.0 Å². The summed E-state index contributed by atoms with van der Waals surface area (Å²) >= 11 is 7.84. The van der Waals surface area contributed by atoms with E-state index in [1.807, 2.05) is 32.9 Å². The van der Waals surface area contributed by atoms with Crippen LogP contribution in [0.15, 0.2) is 57.4 Å². The Hall–Kier alpha value is -2.85. The van der Waals surface area contributed by atoms with E-state index in [2.05, 4.69) is 100 Å². The molecule has 0 saturated heterocycles. The number of hydrogen-bond acceptors (Lipinski definition) is 12. The molecular weight excluding hydrogens is 912 g/mol. The van der Waals surface area contributed by atoms with Crippen molar-refractivity contribution >= 4 is 58.9 Å². The molecule has 13 heteroatoms. The average molecular weight is 979 g/mol. The lowest BCUT2D eigenvalue weighted by molar-refractivity contribution is -0.140. The molecule has 4 unspecified atom stereocenters. The third-order valence-electron chi connectivity index (χ3n) is 10.3. The second-order valence-corrected chi connectivity index (χ2v) is 17.4. The van der Waals surface area contributed by atoms with Crippen LogP contribution in [0.3, 0.4) is 0 Å². The molecule has 2 aromatic heterocycles. The van der Waals surface area contributed by atoms with Gasteiger partial charge in [-0.2, -0.15) is 12.6 Å². The summed E-state index contributed by atoms with van der Waals surface area (Å²) in [5.41, 5.74) is 6.26. The zero-order valence-electron chi connectivity index (χ0n) is 35.6. The Bertz CT molecular complexity index is 1830. The average Bonchev–Trinajstić information content (AvgIpc) is 3.81. The summed E-state index contributed by atoms with van der Waals surface area (Å²) in [6.07, 6.45) is 10.1. The van der Waals surface area contributed by atoms with E-state index in [-0.39, 0.29) is 31.2 Å². The predicted molar refractivity (Wildman–Crippen MR) is 254 cm³/mol. The number of carbonyl (C=O) groups excluding carboxylic acids is 2.